The maximum Gasteiger partial charge on any atom is 0.337 e. The Hall–Kier alpha value is -0.780. The van der Waals surface area contributed by atoms with E-state index in [-0.39, 0.29) is 36.4 Å². The smallest absolute Gasteiger partial charge is 0.337 e. The highest BCUT2D eigenvalue weighted by atomic mass is 35.5. The van der Waals surface area contributed by atoms with Crippen LogP contribution < -0.4 is 0 Å². The number of rotatable bonds is 4. The summed E-state index contributed by atoms with van der Waals surface area (Å²) >= 11 is 5.57. The molecule has 0 bridgehead atoms. The third-order valence-electron chi connectivity index (χ3n) is 3.78. The van der Waals surface area contributed by atoms with E-state index in [0.717, 1.165) is 12.8 Å². The highest BCUT2D eigenvalue weighted by molar-refractivity contribution is 6.17. The van der Waals surface area contributed by atoms with Crippen LogP contribution in [-0.4, -0.2) is 37.1 Å². The van der Waals surface area contributed by atoms with Gasteiger partial charge in [0.05, 0.1) is 18.9 Å². The van der Waals surface area contributed by atoms with Crippen molar-refractivity contribution in [1.29, 1.82) is 0 Å². The SMILES string of the molecule is COC(=O)C1=CO[C@@H](OCCl)[C@@H]2C(CO)CC[C@H]12. The minimum Gasteiger partial charge on any atom is -0.472 e. The largest absolute Gasteiger partial charge is 0.472 e. The summed E-state index contributed by atoms with van der Waals surface area (Å²) in [6.07, 6.45) is 2.57. The molecule has 6 heteroatoms. The average molecular weight is 277 g/mol. The summed E-state index contributed by atoms with van der Waals surface area (Å²) in [4.78, 5) is 11.7. The third-order valence-corrected chi connectivity index (χ3v) is 3.91. The van der Waals surface area contributed by atoms with Crippen molar-refractivity contribution in [2.24, 2.45) is 17.8 Å². The minimum atomic E-state index is -0.499. The molecular formula is C12H17ClO5. The van der Waals surface area contributed by atoms with E-state index in [9.17, 15) is 9.90 Å². The van der Waals surface area contributed by atoms with Crippen LogP contribution in [0.4, 0.5) is 0 Å². The van der Waals surface area contributed by atoms with E-state index in [1.165, 1.54) is 13.4 Å². The first-order chi connectivity index (χ1) is 8.72. The molecule has 1 saturated carbocycles. The molecule has 2 rings (SSSR count). The monoisotopic (exact) mass is 276 g/mol. The molecule has 18 heavy (non-hydrogen) atoms. The summed E-state index contributed by atoms with van der Waals surface area (Å²) in [6, 6.07) is 0.0213. The lowest BCUT2D eigenvalue weighted by molar-refractivity contribution is -0.161. The maximum absolute atomic E-state index is 11.7. The number of alkyl halides is 1. The number of esters is 1. The van der Waals surface area contributed by atoms with Crippen molar-refractivity contribution in [3.63, 3.8) is 0 Å². The van der Waals surface area contributed by atoms with Gasteiger partial charge in [0.2, 0.25) is 6.29 Å². The van der Waals surface area contributed by atoms with Crippen LogP contribution in [0.1, 0.15) is 12.8 Å². The highest BCUT2D eigenvalue weighted by Gasteiger charge is 2.48. The number of fused-ring (bicyclic) bond motifs is 1. The highest BCUT2D eigenvalue weighted by Crippen LogP contribution is 2.46. The summed E-state index contributed by atoms with van der Waals surface area (Å²) in [6.45, 7) is 0.0567. The van der Waals surface area contributed by atoms with E-state index < -0.39 is 6.29 Å². The Morgan fingerprint density at radius 3 is 3.00 bits per heavy atom. The molecule has 0 aromatic carbocycles. The number of carbonyl (C=O) groups excluding carboxylic acids is 1. The molecule has 1 aliphatic carbocycles. The fourth-order valence-corrected chi connectivity index (χ4v) is 3.07. The number of methoxy groups -OCH3 is 1. The van der Waals surface area contributed by atoms with E-state index in [1.54, 1.807) is 0 Å². The number of hydrogen-bond acceptors (Lipinski definition) is 5. The summed E-state index contributed by atoms with van der Waals surface area (Å²) < 4.78 is 15.5. The van der Waals surface area contributed by atoms with E-state index in [0.29, 0.717) is 5.57 Å². The normalized spacial score (nSPS) is 34.5. The van der Waals surface area contributed by atoms with Gasteiger partial charge in [0.25, 0.3) is 0 Å². The molecule has 1 aliphatic heterocycles. The molecule has 0 spiro atoms. The summed E-state index contributed by atoms with van der Waals surface area (Å²) in [5.74, 6) is -0.353. The molecular weight excluding hydrogens is 260 g/mol. The lowest BCUT2D eigenvalue weighted by Crippen LogP contribution is -2.39. The van der Waals surface area contributed by atoms with E-state index >= 15 is 0 Å². The Labute approximate surface area is 111 Å². The van der Waals surface area contributed by atoms with Crippen molar-refractivity contribution in [2.45, 2.75) is 19.1 Å². The van der Waals surface area contributed by atoms with E-state index in [1.807, 2.05) is 0 Å². The van der Waals surface area contributed by atoms with Crippen molar-refractivity contribution in [3.8, 4) is 0 Å². The zero-order valence-corrected chi connectivity index (χ0v) is 10.9. The number of ether oxygens (including phenoxy) is 3. The number of carbonyl (C=O) groups is 1. The van der Waals surface area contributed by atoms with Crippen LogP contribution >= 0.6 is 11.6 Å². The molecule has 0 aromatic rings. The van der Waals surface area contributed by atoms with Crippen LogP contribution in [0.2, 0.25) is 0 Å². The molecule has 0 saturated heterocycles. The molecule has 1 heterocycles. The Balaban J connectivity index is 2.22. The van der Waals surface area contributed by atoms with Crippen LogP contribution in [0, 0.1) is 17.8 Å². The van der Waals surface area contributed by atoms with Gasteiger partial charge < -0.3 is 19.3 Å². The topological polar surface area (TPSA) is 65.0 Å². The second-order valence-electron chi connectivity index (χ2n) is 4.55. The Kier molecular flexibility index (Phi) is 4.48. The summed E-state index contributed by atoms with van der Waals surface area (Å²) in [5.41, 5.74) is 0.521. The maximum atomic E-state index is 11.7. The van der Waals surface area contributed by atoms with Crippen LogP contribution in [0.5, 0.6) is 0 Å². The average Bonchev–Trinajstić information content (AvgIpc) is 2.82. The van der Waals surface area contributed by atoms with Gasteiger partial charge in [0.1, 0.15) is 6.07 Å². The second kappa shape index (κ2) is 5.91. The standard InChI is InChI=1S/C12H17ClO5/c1-16-11(15)9-5-17-12(18-6-13)10-7(4-14)2-3-8(9)10/h5,7-8,10,12,14H,2-4,6H2,1H3/t7?,8-,10-,12+/m1/s1. The van der Waals surface area contributed by atoms with E-state index in [2.05, 4.69) is 0 Å². The van der Waals surface area contributed by atoms with Crippen molar-refractivity contribution in [1.82, 2.24) is 0 Å². The molecule has 1 fully saturated rings. The van der Waals surface area contributed by atoms with Crippen LogP contribution in [0.3, 0.4) is 0 Å². The van der Waals surface area contributed by atoms with Gasteiger partial charge in [-0.2, -0.15) is 0 Å². The number of aliphatic hydroxyl groups excluding tert-OH is 1. The van der Waals surface area contributed by atoms with Gasteiger partial charge in [-0.3, -0.25) is 0 Å². The quantitative estimate of drug-likeness (QED) is 0.618. The molecule has 5 nitrogen and oxygen atoms in total. The molecule has 1 N–H and O–H groups in total. The van der Waals surface area contributed by atoms with Crippen molar-refractivity contribution in [2.75, 3.05) is 19.8 Å². The van der Waals surface area contributed by atoms with Gasteiger partial charge >= 0.3 is 5.97 Å². The molecule has 0 radical (unpaired) electrons. The zero-order valence-electron chi connectivity index (χ0n) is 10.2. The van der Waals surface area contributed by atoms with Gasteiger partial charge in [-0.05, 0) is 18.8 Å². The molecule has 102 valence electrons. The predicted molar refractivity (Wildman–Crippen MR) is 63.6 cm³/mol. The fourth-order valence-electron chi connectivity index (χ4n) is 2.94. The van der Waals surface area contributed by atoms with Crippen LogP contribution in [-0.2, 0) is 19.0 Å². The van der Waals surface area contributed by atoms with Gasteiger partial charge in [0, 0.05) is 18.4 Å². The lowest BCUT2D eigenvalue weighted by atomic mass is 9.83. The molecule has 0 amide bonds. The van der Waals surface area contributed by atoms with Crippen LogP contribution in [0.25, 0.3) is 0 Å². The van der Waals surface area contributed by atoms with E-state index in [4.69, 9.17) is 25.8 Å². The van der Waals surface area contributed by atoms with Gasteiger partial charge in [-0.1, -0.05) is 11.6 Å². The third kappa shape index (κ3) is 2.35. The van der Waals surface area contributed by atoms with Crippen molar-refractivity contribution >= 4 is 17.6 Å². The zero-order chi connectivity index (χ0) is 13.1. The minimum absolute atomic E-state index is 0.0107. The molecule has 0 aromatic heterocycles. The van der Waals surface area contributed by atoms with Gasteiger partial charge in [-0.15, -0.1) is 0 Å². The summed E-state index contributed by atoms with van der Waals surface area (Å²) in [5, 5.41) is 9.39. The Morgan fingerprint density at radius 2 is 2.39 bits per heavy atom. The first-order valence-corrected chi connectivity index (χ1v) is 6.48. The molecule has 1 unspecified atom stereocenters. The van der Waals surface area contributed by atoms with Gasteiger partial charge in [0.15, 0.2) is 0 Å². The molecule has 2 aliphatic rings. The first-order valence-electron chi connectivity index (χ1n) is 5.95. The van der Waals surface area contributed by atoms with Gasteiger partial charge in [-0.25, -0.2) is 4.79 Å². The predicted octanol–water partition coefficient (Wildman–Crippen LogP) is 1.25. The second-order valence-corrected chi connectivity index (χ2v) is 4.77. The summed E-state index contributed by atoms with van der Waals surface area (Å²) in [7, 11) is 1.35. The van der Waals surface area contributed by atoms with Crippen molar-refractivity contribution in [3.05, 3.63) is 11.8 Å². The number of halogens is 1. The fraction of sp³-hybridized carbons (Fsp3) is 0.750. The Morgan fingerprint density at radius 1 is 1.61 bits per heavy atom. The lowest BCUT2D eigenvalue weighted by Gasteiger charge is -2.34. The first kappa shape index (κ1) is 13.6. The van der Waals surface area contributed by atoms with Crippen LogP contribution in [0.15, 0.2) is 11.8 Å². The van der Waals surface area contributed by atoms with Crippen molar-refractivity contribution < 1.29 is 24.1 Å². The Bertz CT molecular complexity index is 343. The number of hydrogen-bond donors (Lipinski definition) is 1. The molecule has 4 atom stereocenters. The number of aliphatic hydroxyl groups is 1.